The van der Waals surface area contributed by atoms with Crippen LogP contribution in [0, 0.1) is 0 Å². The van der Waals surface area contributed by atoms with E-state index in [4.69, 9.17) is 4.55 Å². The molecule has 16 heavy (non-hydrogen) atoms. The molecule has 1 aromatic rings. The van der Waals surface area contributed by atoms with Crippen molar-refractivity contribution < 1.29 is 13.0 Å². The maximum absolute atomic E-state index is 10.9. The van der Waals surface area contributed by atoms with E-state index in [1.807, 2.05) is 37.3 Å². The van der Waals surface area contributed by atoms with E-state index in [1.165, 1.54) is 0 Å². The summed E-state index contributed by atoms with van der Waals surface area (Å²) in [5, 5.41) is 2.66. The summed E-state index contributed by atoms with van der Waals surface area (Å²) in [6.07, 6.45) is 0. The summed E-state index contributed by atoms with van der Waals surface area (Å²) < 4.78 is 30.8. The maximum Gasteiger partial charge on any atom is 0.320 e. The first-order valence-corrected chi connectivity index (χ1v) is 7.65. The van der Waals surface area contributed by atoms with Crippen LogP contribution in [-0.4, -0.2) is 26.1 Å². The molecule has 0 radical (unpaired) electrons. The van der Waals surface area contributed by atoms with E-state index in [1.54, 1.807) is 7.05 Å². The highest BCUT2D eigenvalue weighted by Gasteiger charge is 2.24. The van der Waals surface area contributed by atoms with Gasteiger partial charge in [-0.15, -0.1) is 0 Å². The van der Waals surface area contributed by atoms with Gasteiger partial charge >= 0.3 is 9.15 Å². The van der Waals surface area contributed by atoms with Gasteiger partial charge in [-0.2, -0.15) is 8.42 Å². The lowest BCUT2D eigenvalue weighted by molar-refractivity contribution is 0.501. The van der Waals surface area contributed by atoms with Crippen LogP contribution in [0.4, 0.5) is 0 Å². The van der Waals surface area contributed by atoms with Gasteiger partial charge in [0.2, 0.25) is 0 Å². The van der Waals surface area contributed by atoms with Crippen molar-refractivity contribution in [1.82, 2.24) is 5.32 Å². The lowest BCUT2D eigenvalue weighted by atomic mass is 10.1. The molecule has 4 nitrogen and oxygen atoms in total. The van der Waals surface area contributed by atoms with Crippen molar-refractivity contribution in [3.63, 3.8) is 0 Å². The van der Waals surface area contributed by atoms with Crippen LogP contribution in [0.5, 0.6) is 0 Å². The quantitative estimate of drug-likeness (QED) is 0.625. The second-order valence-electron chi connectivity index (χ2n) is 3.43. The molecule has 0 aliphatic rings. The second-order valence-corrected chi connectivity index (χ2v) is 6.83. The Morgan fingerprint density at radius 2 is 1.88 bits per heavy atom. The van der Waals surface area contributed by atoms with Crippen LogP contribution < -0.4 is 5.32 Å². The molecule has 90 valence electrons. The summed E-state index contributed by atoms with van der Waals surface area (Å²) in [6, 6.07) is 9.18. The Morgan fingerprint density at radius 1 is 1.31 bits per heavy atom. The number of benzene rings is 1. The van der Waals surface area contributed by atoms with Gasteiger partial charge in [0.05, 0.1) is 5.25 Å². The Morgan fingerprint density at radius 3 is 2.31 bits per heavy atom. The van der Waals surface area contributed by atoms with Gasteiger partial charge in [0.1, 0.15) is 0 Å². The van der Waals surface area contributed by atoms with Gasteiger partial charge in [0, 0.05) is 16.8 Å². The van der Waals surface area contributed by atoms with Crippen LogP contribution >= 0.6 is 10.8 Å². The molecule has 0 heterocycles. The number of likely N-dealkylation sites (N-methyl/N-ethyl adjacent to an activating group) is 1. The Hall–Kier alpha value is -0.560. The molecule has 1 aromatic carbocycles. The summed E-state index contributed by atoms with van der Waals surface area (Å²) >= 11 is 0. The number of hydrogen-bond donors (Lipinski definition) is 2. The minimum absolute atomic E-state index is 0.0608. The Bertz CT molecular complexity index is 419. The lowest BCUT2D eigenvalue weighted by Crippen LogP contribution is -2.27. The molecule has 6 heteroatoms. The zero-order valence-electron chi connectivity index (χ0n) is 9.12. The predicted molar refractivity (Wildman–Crippen MR) is 66.8 cm³/mol. The Kier molecular flexibility index (Phi) is 4.79. The minimum atomic E-state index is -4.05. The van der Waals surface area contributed by atoms with Crippen LogP contribution in [0.2, 0.25) is 0 Å². The molecule has 0 fully saturated rings. The topological polar surface area (TPSA) is 66.4 Å². The van der Waals surface area contributed by atoms with Gasteiger partial charge in [-0.25, -0.2) is 0 Å². The van der Waals surface area contributed by atoms with Crippen molar-refractivity contribution in [1.29, 1.82) is 0 Å². The van der Waals surface area contributed by atoms with Gasteiger partial charge in [0.15, 0.2) is 0 Å². The van der Waals surface area contributed by atoms with Crippen LogP contribution in [0.1, 0.15) is 17.7 Å². The lowest BCUT2D eigenvalue weighted by Gasteiger charge is -2.21. The molecule has 0 saturated heterocycles. The van der Waals surface area contributed by atoms with E-state index >= 15 is 0 Å². The number of nitrogens with one attached hydrogen (secondary N) is 1. The third-order valence-electron chi connectivity index (χ3n) is 2.26. The van der Waals surface area contributed by atoms with Gasteiger partial charge in [0.25, 0.3) is 0 Å². The molecular weight excluding hydrogens is 246 g/mol. The first kappa shape index (κ1) is 13.5. The fourth-order valence-electron chi connectivity index (χ4n) is 1.35. The molecule has 0 saturated carbocycles. The van der Waals surface area contributed by atoms with Crippen molar-refractivity contribution in [3.8, 4) is 0 Å². The van der Waals surface area contributed by atoms with Gasteiger partial charge in [-0.1, -0.05) is 30.3 Å². The fraction of sp³-hybridized carbons (Fsp3) is 0.400. The minimum Gasteiger partial charge on any atom is -0.316 e. The molecular formula is C10H15NO3S2. The van der Waals surface area contributed by atoms with Gasteiger partial charge in [-0.05, 0) is 19.5 Å². The van der Waals surface area contributed by atoms with Crippen molar-refractivity contribution >= 4 is 19.9 Å². The average molecular weight is 261 g/mol. The van der Waals surface area contributed by atoms with Crippen molar-refractivity contribution in [2.75, 3.05) is 7.05 Å². The standard InChI is InChI=1S/C10H15NO3S2/c1-8(11-2)10(15-16(12,13)14)9-6-4-3-5-7-9/h3-8,10-11H,1-2H3,(H,12,13,14)/t8-,10-/m1/s1. The summed E-state index contributed by atoms with van der Waals surface area (Å²) in [4.78, 5) is 0. The zero-order chi connectivity index (χ0) is 12.2. The van der Waals surface area contributed by atoms with Crippen molar-refractivity contribution in [3.05, 3.63) is 35.9 Å². The van der Waals surface area contributed by atoms with Crippen LogP contribution in [-0.2, 0) is 9.15 Å². The van der Waals surface area contributed by atoms with E-state index in [0.717, 1.165) is 5.56 Å². The van der Waals surface area contributed by atoms with Gasteiger partial charge in [-0.3, -0.25) is 4.55 Å². The molecule has 0 amide bonds. The molecule has 2 N–H and O–H groups in total. The molecule has 2 atom stereocenters. The highest BCUT2D eigenvalue weighted by Crippen LogP contribution is 2.35. The van der Waals surface area contributed by atoms with Gasteiger partial charge < -0.3 is 5.32 Å². The predicted octanol–water partition coefficient (Wildman–Crippen LogP) is 1.87. The number of rotatable bonds is 5. The molecule has 1 rings (SSSR count). The number of hydrogen-bond acceptors (Lipinski definition) is 4. The zero-order valence-corrected chi connectivity index (χ0v) is 10.8. The maximum atomic E-state index is 10.9. The summed E-state index contributed by atoms with van der Waals surface area (Å²) in [5.74, 6) is 0. The van der Waals surface area contributed by atoms with Crippen molar-refractivity contribution in [2.24, 2.45) is 0 Å². The Balaban J connectivity index is 2.97. The van der Waals surface area contributed by atoms with E-state index in [0.29, 0.717) is 10.8 Å². The molecule has 0 aromatic heterocycles. The molecule has 0 aliphatic heterocycles. The highest BCUT2D eigenvalue weighted by molar-refractivity contribution is 8.70. The molecule has 0 aliphatic carbocycles. The van der Waals surface area contributed by atoms with E-state index < -0.39 is 9.15 Å². The largest absolute Gasteiger partial charge is 0.320 e. The summed E-state index contributed by atoms with van der Waals surface area (Å²) in [6.45, 7) is 1.87. The van der Waals surface area contributed by atoms with Crippen molar-refractivity contribution in [2.45, 2.75) is 18.2 Å². The fourth-order valence-corrected chi connectivity index (χ4v) is 3.81. The first-order chi connectivity index (χ1) is 7.44. The highest BCUT2D eigenvalue weighted by atomic mass is 33.1. The van der Waals surface area contributed by atoms with E-state index in [2.05, 4.69) is 5.32 Å². The molecule has 0 unspecified atom stereocenters. The summed E-state index contributed by atoms with van der Waals surface area (Å²) in [5.41, 5.74) is 0.868. The second kappa shape index (κ2) is 5.67. The SMILES string of the molecule is CN[C@H](C)[C@@H](SS(=O)(=O)O)c1ccccc1. The summed E-state index contributed by atoms with van der Waals surface area (Å²) in [7, 11) is -1.74. The van der Waals surface area contributed by atoms with Crippen LogP contribution in [0.3, 0.4) is 0 Å². The average Bonchev–Trinajstić information content (AvgIpc) is 2.25. The van der Waals surface area contributed by atoms with Crippen LogP contribution in [0.15, 0.2) is 30.3 Å². The monoisotopic (exact) mass is 261 g/mol. The first-order valence-electron chi connectivity index (χ1n) is 4.82. The van der Waals surface area contributed by atoms with E-state index in [9.17, 15) is 8.42 Å². The van der Waals surface area contributed by atoms with Crippen LogP contribution in [0.25, 0.3) is 0 Å². The molecule has 0 spiro atoms. The van der Waals surface area contributed by atoms with E-state index in [-0.39, 0.29) is 11.3 Å². The Labute approximate surface area is 99.6 Å². The normalized spacial score (nSPS) is 15.7. The third-order valence-corrected chi connectivity index (χ3v) is 4.75. The third kappa shape index (κ3) is 4.13. The smallest absolute Gasteiger partial charge is 0.316 e. The molecule has 0 bridgehead atoms.